The standard InChI is InChI=1S/C19H28N2O5S/c1-2-21(16-9-11-27(24,25)13-16)19(23)15-7-5-14(6-8-15)18(22)20-12-17-4-3-10-26-17/h3-4,10,14-16H,2,5-9,11-13H2,1H3,(H,20,22). The van der Waals surface area contributed by atoms with Crippen LogP contribution in [-0.2, 0) is 26.0 Å². The number of rotatable bonds is 6. The second-order valence-electron chi connectivity index (χ2n) is 7.53. The van der Waals surface area contributed by atoms with Crippen molar-refractivity contribution in [1.82, 2.24) is 10.2 Å². The van der Waals surface area contributed by atoms with Crippen LogP contribution >= 0.6 is 0 Å². The highest BCUT2D eigenvalue weighted by atomic mass is 32.2. The van der Waals surface area contributed by atoms with E-state index in [9.17, 15) is 18.0 Å². The van der Waals surface area contributed by atoms with E-state index in [0.29, 0.717) is 45.2 Å². The van der Waals surface area contributed by atoms with Gasteiger partial charge in [-0.15, -0.1) is 0 Å². The van der Waals surface area contributed by atoms with Crippen molar-refractivity contribution in [1.29, 1.82) is 0 Å². The molecule has 2 heterocycles. The summed E-state index contributed by atoms with van der Waals surface area (Å²) in [6, 6.07) is 3.41. The molecule has 0 radical (unpaired) electrons. The fourth-order valence-corrected chi connectivity index (χ4v) is 5.91. The zero-order chi connectivity index (χ0) is 19.4. The molecule has 0 spiro atoms. The van der Waals surface area contributed by atoms with E-state index in [1.165, 1.54) is 0 Å². The highest BCUT2D eigenvalue weighted by Crippen LogP contribution is 2.31. The Hall–Kier alpha value is -1.83. The molecule has 8 heteroatoms. The Balaban J connectivity index is 1.48. The third-order valence-electron chi connectivity index (χ3n) is 5.74. The van der Waals surface area contributed by atoms with Gasteiger partial charge in [-0.25, -0.2) is 8.42 Å². The molecule has 1 aliphatic heterocycles. The van der Waals surface area contributed by atoms with Crippen LogP contribution in [0.1, 0.15) is 44.8 Å². The molecule has 2 aliphatic rings. The van der Waals surface area contributed by atoms with E-state index >= 15 is 0 Å². The molecular formula is C19H28N2O5S. The van der Waals surface area contributed by atoms with Crippen molar-refractivity contribution in [2.24, 2.45) is 11.8 Å². The average Bonchev–Trinajstić information content (AvgIpc) is 3.30. The minimum absolute atomic E-state index is 0.00605. The molecule has 0 aromatic carbocycles. The zero-order valence-corrected chi connectivity index (χ0v) is 16.5. The number of nitrogens with zero attached hydrogens (tertiary/aromatic N) is 1. The van der Waals surface area contributed by atoms with E-state index in [1.54, 1.807) is 17.2 Å². The van der Waals surface area contributed by atoms with Gasteiger partial charge in [0.2, 0.25) is 11.8 Å². The lowest BCUT2D eigenvalue weighted by atomic mass is 9.80. The minimum atomic E-state index is -3.01. The normalized spacial score (nSPS) is 27.2. The second-order valence-corrected chi connectivity index (χ2v) is 9.76. The van der Waals surface area contributed by atoms with Gasteiger partial charge in [0.1, 0.15) is 5.76 Å². The monoisotopic (exact) mass is 396 g/mol. The van der Waals surface area contributed by atoms with Crippen LogP contribution in [0.15, 0.2) is 22.8 Å². The van der Waals surface area contributed by atoms with Crippen molar-refractivity contribution in [2.75, 3.05) is 18.1 Å². The van der Waals surface area contributed by atoms with Gasteiger partial charge in [0.05, 0.1) is 24.3 Å². The highest BCUT2D eigenvalue weighted by molar-refractivity contribution is 7.91. The molecule has 1 saturated carbocycles. The molecule has 1 unspecified atom stereocenters. The first-order valence-corrected chi connectivity index (χ1v) is 11.5. The maximum atomic E-state index is 12.9. The molecule has 3 rings (SSSR count). The zero-order valence-electron chi connectivity index (χ0n) is 15.7. The molecule has 27 heavy (non-hydrogen) atoms. The number of carbonyl (C=O) groups is 2. The summed E-state index contributed by atoms with van der Waals surface area (Å²) in [7, 11) is -3.01. The largest absolute Gasteiger partial charge is 0.467 e. The first-order valence-electron chi connectivity index (χ1n) is 9.70. The summed E-state index contributed by atoms with van der Waals surface area (Å²) in [5.41, 5.74) is 0. The summed E-state index contributed by atoms with van der Waals surface area (Å²) < 4.78 is 28.7. The molecule has 1 N–H and O–H groups in total. The maximum Gasteiger partial charge on any atom is 0.225 e. The molecule has 1 aliphatic carbocycles. The summed E-state index contributed by atoms with van der Waals surface area (Å²) >= 11 is 0. The van der Waals surface area contributed by atoms with Crippen molar-refractivity contribution >= 4 is 21.7 Å². The van der Waals surface area contributed by atoms with Crippen molar-refractivity contribution in [3.63, 3.8) is 0 Å². The first kappa shape index (κ1) is 19.9. The van der Waals surface area contributed by atoms with Gasteiger partial charge in [-0.1, -0.05) is 0 Å². The summed E-state index contributed by atoms with van der Waals surface area (Å²) in [5.74, 6) is 0.840. The lowest BCUT2D eigenvalue weighted by Crippen LogP contribution is -2.45. The predicted molar refractivity (Wildman–Crippen MR) is 100 cm³/mol. The van der Waals surface area contributed by atoms with Crippen LogP contribution in [0.3, 0.4) is 0 Å². The third-order valence-corrected chi connectivity index (χ3v) is 7.49. The van der Waals surface area contributed by atoms with Gasteiger partial charge in [-0.2, -0.15) is 0 Å². The minimum Gasteiger partial charge on any atom is -0.467 e. The number of furan rings is 1. The van der Waals surface area contributed by atoms with Gasteiger partial charge in [-0.3, -0.25) is 9.59 Å². The smallest absolute Gasteiger partial charge is 0.225 e. The quantitative estimate of drug-likeness (QED) is 0.790. The van der Waals surface area contributed by atoms with Crippen LogP contribution in [-0.4, -0.2) is 49.2 Å². The Bertz CT molecular complexity index is 751. The summed E-state index contributed by atoms with van der Waals surface area (Å²) in [4.78, 5) is 27.0. The predicted octanol–water partition coefficient (Wildman–Crippen LogP) is 1.74. The second kappa shape index (κ2) is 8.46. The number of hydrogen-bond acceptors (Lipinski definition) is 5. The van der Waals surface area contributed by atoms with E-state index in [-0.39, 0.29) is 41.2 Å². The molecule has 0 bridgehead atoms. The Morgan fingerprint density at radius 1 is 1.19 bits per heavy atom. The number of hydrogen-bond donors (Lipinski definition) is 1. The summed E-state index contributed by atoms with van der Waals surface area (Å²) in [6.45, 7) is 2.81. The molecule has 1 saturated heterocycles. The van der Waals surface area contributed by atoms with Crippen LogP contribution in [0.25, 0.3) is 0 Å². The molecular weight excluding hydrogens is 368 g/mol. The lowest BCUT2D eigenvalue weighted by molar-refractivity contribution is -0.140. The van der Waals surface area contributed by atoms with E-state index in [4.69, 9.17) is 4.42 Å². The topological polar surface area (TPSA) is 96.7 Å². The number of carbonyl (C=O) groups excluding carboxylic acids is 2. The fourth-order valence-electron chi connectivity index (χ4n) is 4.18. The van der Waals surface area contributed by atoms with E-state index in [2.05, 4.69) is 5.32 Å². The van der Waals surface area contributed by atoms with Crippen molar-refractivity contribution in [3.05, 3.63) is 24.2 Å². The first-order chi connectivity index (χ1) is 12.9. The number of nitrogens with one attached hydrogen (secondary N) is 1. The molecule has 150 valence electrons. The Morgan fingerprint density at radius 3 is 2.44 bits per heavy atom. The van der Waals surface area contributed by atoms with Crippen LogP contribution in [0.5, 0.6) is 0 Å². The van der Waals surface area contributed by atoms with Crippen molar-refractivity contribution in [2.45, 2.75) is 51.6 Å². The average molecular weight is 397 g/mol. The van der Waals surface area contributed by atoms with Crippen molar-refractivity contribution in [3.8, 4) is 0 Å². The van der Waals surface area contributed by atoms with Gasteiger partial charge in [0.15, 0.2) is 9.84 Å². The van der Waals surface area contributed by atoms with Crippen LogP contribution < -0.4 is 5.32 Å². The van der Waals surface area contributed by atoms with E-state index in [0.717, 1.165) is 5.76 Å². The summed E-state index contributed by atoms with van der Waals surface area (Å²) in [5, 5.41) is 2.89. The van der Waals surface area contributed by atoms with Crippen molar-refractivity contribution < 1.29 is 22.4 Å². The van der Waals surface area contributed by atoms with Gasteiger partial charge in [0.25, 0.3) is 0 Å². The molecule has 7 nitrogen and oxygen atoms in total. The Kier molecular flexibility index (Phi) is 6.24. The highest BCUT2D eigenvalue weighted by Gasteiger charge is 2.38. The van der Waals surface area contributed by atoms with E-state index < -0.39 is 9.84 Å². The summed E-state index contributed by atoms with van der Waals surface area (Å²) in [6.07, 6.45) is 4.82. The van der Waals surface area contributed by atoms with Gasteiger partial charge in [-0.05, 0) is 51.2 Å². The Labute approximate surface area is 160 Å². The third kappa shape index (κ3) is 4.91. The van der Waals surface area contributed by atoms with Gasteiger partial charge >= 0.3 is 0 Å². The lowest BCUT2D eigenvalue weighted by Gasteiger charge is -2.34. The molecule has 1 atom stereocenters. The van der Waals surface area contributed by atoms with Crippen LogP contribution in [0.4, 0.5) is 0 Å². The van der Waals surface area contributed by atoms with Crippen LogP contribution in [0, 0.1) is 11.8 Å². The maximum absolute atomic E-state index is 12.9. The molecule has 1 aromatic rings. The van der Waals surface area contributed by atoms with Crippen LogP contribution in [0.2, 0.25) is 0 Å². The SMILES string of the molecule is CCN(C(=O)C1CCC(C(=O)NCc2ccco2)CC1)C1CCS(=O)(=O)C1. The number of sulfone groups is 1. The number of amides is 2. The van der Waals surface area contributed by atoms with E-state index in [1.807, 2.05) is 13.0 Å². The van der Waals surface area contributed by atoms with Gasteiger partial charge < -0.3 is 14.6 Å². The Morgan fingerprint density at radius 2 is 1.89 bits per heavy atom. The van der Waals surface area contributed by atoms with Gasteiger partial charge in [0, 0.05) is 24.4 Å². The fraction of sp³-hybridized carbons (Fsp3) is 0.684. The molecule has 2 fully saturated rings. The molecule has 2 amide bonds. The molecule has 1 aromatic heterocycles.